The van der Waals surface area contributed by atoms with E-state index < -0.39 is 0 Å². The number of aliphatic hydroxyl groups is 2. The normalized spacial score (nSPS) is 10.0. The van der Waals surface area contributed by atoms with Crippen molar-refractivity contribution in [2.24, 2.45) is 0 Å². The molecule has 0 aliphatic carbocycles. The third-order valence-corrected chi connectivity index (χ3v) is 1.96. The fourth-order valence-corrected chi connectivity index (χ4v) is 1.11. The van der Waals surface area contributed by atoms with Crippen molar-refractivity contribution in [2.45, 2.75) is 0 Å². The fourth-order valence-electron chi connectivity index (χ4n) is 1.11. The van der Waals surface area contributed by atoms with Gasteiger partial charge in [-0.05, 0) is 0 Å². The van der Waals surface area contributed by atoms with Crippen LogP contribution in [0.2, 0.25) is 0 Å². The van der Waals surface area contributed by atoms with Crippen molar-refractivity contribution in [3.05, 3.63) is 0 Å². The van der Waals surface area contributed by atoms with Crippen LogP contribution < -0.4 is 0 Å². The summed E-state index contributed by atoms with van der Waals surface area (Å²) in [5, 5.41) is 16.9. The molecule has 0 heterocycles. The van der Waals surface area contributed by atoms with Gasteiger partial charge in [0.05, 0.1) is 79.3 Å². The number of hydrogen-bond donors (Lipinski definition) is 2. The molecule has 0 saturated carbocycles. The summed E-state index contributed by atoms with van der Waals surface area (Å²) >= 11 is 0. The number of ether oxygens (including phenoxy) is 5. The molecule has 21 heavy (non-hydrogen) atoms. The zero-order chi connectivity index (χ0) is 14.0. The van der Waals surface area contributed by atoms with E-state index >= 15 is 0 Å². The second kappa shape index (κ2) is 25.6. The van der Waals surface area contributed by atoms with Gasteiger partial charge in [-0.25, -0.2) is 0 Å². The Morgan fingerprint density at radius 3 is 0.762 bits per heavy atom. The Morgan fingerprint density at radius 2 is 0.571 bits per heavy atom. The first-order valence-corrected chi connectivity index (χ1v) is 6.52. The summed E-state index contributed by atoms with van der Waals surface area (Å²) in [6.45, 7) is 4.80. The molecule has 0 bridgehead atoms. The van der Waals surface area contributed by atoms with Crippen molar-refractivity contribution < 1.29 is 33.9 Å². The maximum atomic E-state index is 8.45. The monoisotopic (exact) mass is 442 g/mol. The zero-order valence-corrected chi connectivity index (χ0v) is 15.7. The quantitative estimate of drug-likeness (QED) is 0.330. The summed E-state index contributed by atoms with van der Waals surface area (Å²) in [4.78, 5) is 0. The van der Waals surface area contributed by atoms with Crippen molar-refractivity contribution in [3.8, 4) is 0 Å². The zero-order valence-electron chi connectivity index (χ0n) is 12.2. The van der Waals surface area contributed by atoms with Crippen LogP contribution in [0.3, 0.4) is 0 Å². The highest BCUT2D eigenvalue weighted by Gasteiger charge is 1.92. The highest BCUT2D eigenvalue weighted by Crippen LogP contribution is 1.83. The van der Waals surface area contributed by atoms with Crippen LogP contribution in [0, 0.1) is 0 Å². The molecule has 7 nitrogen and oxygen atoms in total. The lowest BCUT2D eigenvalue weighted by molar-refractivity contribution is -0.0151. The van der Waals surface area contributed by atoms with Crippen LogP contribution in [-0.4, -0.2) is 89.5 Å². The first-order valence-electron chi connectivity index (χ1n) is 6.52. The minimum Gasteiger partial charge on any atom is -0.394 e. The first-order chi connectivity index (χ1) is 9.41. The van der Waals surface area contributed by atoms with Crippen LogP contribution in [0.4, 0.5) is 0 Å². The number of rotatable bonds is 16. The molecule has 0 unspecified atom stereocenters. The van der Waals surface area contributed by atoms with Crippen LogP contribution in [0.5, 0.6) is 0 Å². The first kappa shape index (κ1) is 26.6. The van der Waals surface area contributed by atoms with Gasteiger partial charge in [0.2, 0.25) is 0 Å². The molecule has 0 amide bonds. The highest BCUT2D eigenvalue weighted by molar-refractivity contribution is 8.93. The Kier molecular flexibility index (Phi) is 32.4. The third kappa shape index (κ3) is 25.9. The van der Waals surface area contributed by atoms with Gasteiger partial charge in [0, 0.05) is 0 Å². The van der Waals surface area contributed by atoms with Gasteiger partial charge in [0.1, 0.15) is 0 Å². The number of hydrogen-bond acceptors (Lipinski definition) is 7. The van der Waals surface area contributed by atoms with Crippen molar-refractivity contribution in [3.63, 3.8) is 0 Å². The molecule has 0 saturated heterocycles. The molecule has 9 heteroatoms. The molecule has 2 N–H and O–H groups in total. The van der Waals surface area contributed by atoms with E-state index in [4.69, 9.17) is 33.9 Å². The van der Waals surface area contributed by atoms with Crippen molar-refractivity contribution in [1.29, 1.82) is 0 Å². The summed E-state index contributed by atoms with van der Waals surface area (Å²) in [5.74, 6) is 0. The molecule has 0 aromatic carbocycles. The van der Waals surface area contributed by atoms with E-state index in [1.807, 2.05) is 0 Å². The van der Waals surface area contributed by atoms with E-state index in [1.54, 1.807) is 0 Å². The van der Waals surface area contributed by atoms with Crippen LogP contribution in [0.1, 0.15) is 0 Å². The van der Waals surface area contributed by atoms with Crippen LogP contribution >= 0.6 is 34.0 Å². The maximum absolute atomic E-state index is 8.45. The van der Waals surface area contributed by atoms with Crippen molar-refractivity contribution in [2.75, 3.05) is 79.3 Å². The summed E-state index contributed by atoms with van der Waals surface area (Å²) < 4.78 is 25.8. The van der Waals surface area contributed by atoms with E-state index in [-0.39, 0.29) is 47.2 Å². The molecule has 0 aliphatic rings. The van der Waals surface area contributed by atoms with E-state index in [0.29, 0.717) is 66.1 Å². The summed E-state index contributed by atoms with van der Waals surface area (Å²) in [7, 11) is 0. The average molecular weight is 444 g/mol. The van der Waals surface area contributed by atoms with Gasteiger partial charge >= 0.3 is 0 Å². The minimum atomic E-state index is 0. The molecule has 0 atom stereocenters. The standard InChI is InChI=1S/C12H26O7.2BrH/c13-1-3-15-5-7-17-9-11-19-12-10-18-8-6-16-4-2-14;;/h13-14H,1-12H2;2*1H. The highest BCUT2D eigenvalue weighted by atomic mass is 79.9. The Balaban J connectivity index is -0.00000162. The smallest absolute Gasteiger partial charge is 0.0701 e. The molecule has 0 rings (SSSR count). The number of halogens is 2. The Labute approximate surface area is 147 Å². The van der Waals surface area contributed by atoms with E-state index in [0.717, 1.165) is 0 Å². The Morgan fingerprint density at radius 1 is 0.381 bits per heavy atom. The molecule has 0 aliphatic heterocycles. The second-order valence-electron chi connectivity index (χ2n) is 3.51. The predicted molar refractivity (Wildman–Crippen MR) is 88.9 cm³/mol. The van der Waals surface area contributed by atoms with Gasteiger partial charge in [-0.15, -0.1) is 34.0 Å². The van der Waals surface area contributed by atoms with E-state index in [1.165, 1.54) is 0 Å². The summed E-state index contributed by atoms with van der Waals surface area (Å²) in [5.41, 5.74) is 0. The topological polar surface area (TPSA) is 86.6 Å². The SMILES string of the molecule is Br.Br.OCCOCCOCCOCCOCCOCCO. The molecule has 132 valence electrons. The van der Waals surface area contributed by atoms with Gasteiger partial charge in [-0.1, -0.05) is 0 Å². The Bertz CT molecular complexity index is 151. The average Bonchev–Trinajstić information content (AvgIpc) is 2.43. The molecule has 0 spiro atoms. The molecular weight excluding hydrogens is 416 g/mol. The lowest BCUT2D eigenvalue weighted by Crippen LogP contribution is -2.14. The molecule has 0 aromatic heterocycles. The minimum absolute atomic E-state index is 0. The van der Waals surface area contributed by atoms with Gasteiger partial charge in [-0.3, -0.25) is 0 Å². The van der Waals surface area contributed by atoms with E-state index in [9.17, 15) is 0 Å². The number of aliphatic hydroxyl groups excluding tert-OH is 2. The van der Waals surface area contributed by atoms with Gasteiger partial charge in [0.15, 0.2) is 0 Å². The molecular formula is C12H28Br2O7. The maximum Gasteiger partial charge on any atom is 0.0701 e. The molecule has 0 aromatic rings. The largest absolute Gasteiger partial charge is 0.394 e. The van der Waals surface area contributed by atoms with Gasteiger partial charge < -0.3 is 33.9 Å². The van der Waals surface area contributed by atoms with Crippen molar-refractivity contribution >= 4 is 34.0 Å². The summed E-state index contributed by atoms with van der Waals surface area (Å²) in [6, 6.07) is 0. The van der Waals surface area contributed by atoms with Crippen molar-refractivity contribution in [1.82, 2.24) is 0 Å². The molecule has 0 radical (unpaired) electrons. The fraction of sp³-hybridized carbons (Fsp3) is 1.00. The lowest BCUT2D eigenvalue weighted by atomic mass is 10.7. The van der Waals surface area contributed by atoms with E-state index in [2.05, 4.69) is 0 Å². The lowest BCUT2D eigenvalue weighted by Gasteiger charge is -2.07. The second-order valence-corrected chi connectivity index (χ2v) is 3.51. The van der Waals surface area contributed by atoms with Crippen LogP contribution in [0.25, 0.3) is 0 Å². The Hall–Kier alpha value is 0.680. The van der Waals surface area contributed by atoms with Crippen LogP contribution in [-0.2, 0) is 23.7 Å². The van der Waals surface area contributed by atoms with Gasteiger partial charge in [0.25, 0.3) is 0 Å². The third-order valence-electron chi connectivity index (χ3n) is 1.96. The summed E-state index contributed by atoms with van der Waals surface area (Å²) in [6.07, 6.45) is 0. The van der Waals surface area contributed by atoms with Gasteiger partial charge in [-0.2, -0.15) is 0 Å². The van der Waals surface area contributed by atoms with Crippen LogP contribution in [0.15, 0.2) is 0 Å². The molecule has 0 fully saturated rings. The predicted octanol–water partition coefficient (Wildman–Crippen LogP) is 0.210.